The molecule has 0 radical (unpaired) electrons. The number of benzene rings is 1. The van der Waals surface area contributed by atoms with Gasteiger partial charge in [0.05, 0.1) is 6.42 Å². The Balaban J connectivity index is 1.76. The second-order valence-corrected chi connectivity index (χ2v) is 5.36. The minimum atomic E-state index is -0.893. The van der Waals surface area contributed by atoms with Gasteiger partial charge >= 0.3 is 0 Å². The molecule has 1 atom stereocenters. The molecule has 3 aromatic rings. The predicted molar refractivity (Wildman–Crippen MR) is 74.5 cm³/mol. The standard InChI is InChI=1S/C14H13N3O2S/c1-9-8-20-12(15-9)7-11-16-14(19-17-11)13(18)10-5-3-2-4-6-10/h2-6,8,13,18H,7H2,1H3. The number of aliphatic hydroxyl groups excluding tert-OH is 1. The SMILES string of the molecule is Cc1csc(Cc2noc(C(O)c3ccccc3)n2)n1. The zero-order chi connectivity index (χ0) is 13.9. The topological polar surface area (TPSA) is 72.0 Å². The molecule has 102 valence electrons. The van der Waals surface area contributed by atoms with Crippen LogP contribution in [0, 0.1) is 6.92 Å². The molecule has 0 bridgehead atoms. The highest BCUT2D eigenvalue weighted by molar-refractivity contribution is 7.09. The molecular weight excluding hydrogens is 274 g/mol. The van der Waals surface area contributed by atoms with Crippen molar-refractivity contribution in [3.05, 3.63) is 63.7 Å². The third-order valence-corrected chi connectivity index (χ3v) is 3.78. The molecule has 2 heterocycles. The first kappa shape index (κ1) is 13.0. The fourth-order valence-electron chi connectivity index (χ4n) is 1.85. The van der Waals surface area contributed by atoms with Crippen molar-refractivity contribution in [3.63, 3.8) is 0 Å². The average molecular weight is 287 g/mol. The van der Waals surface area contributed by atoms with Crippen LogP contribution in [-0.2, 0) is 6.42 Å². The molecule has 0 aliphatic rings. The highest BCUT2D eigenvalue weighted by Crippen LogP contribution is 2.20. The predicted octanol–water partition coefficient (Wildman–Crippen LogP) is 2.51. The maximum Gasteiger partial charge on any atom is 0.260 e. The molecule has 1 N–H and O–H groups in total. The number of nitrogens with zero attached hydrogens (tertiary/aromatic N) is 3. The second-order valence-electron chi connectivity index (χ2n) is 4.42. The summed E-state index contributed by atoms with van der Waals surface area (Å²) in [6.07, 6.45) is -0.376. The summed E-state index contributed by atoms with van der Waals surface area (Å²) in [5.41, 5.74) is 1.71. The van der Waals surface area contributed by atoms with Crippen LogP contribution in [0.4, 0.5) is 0 Å². The zero-order valence-corrected chi connectivity index (χ0v) is 11.7. The van der Waals surface area contributed by atoms with Gasteiger partial charge in [0, 0.05) is 11.1 Å². The van der Waals surface area contributed by atoms with E-state index in [-0.39, 0.29) is 5.89 Å². The number of aliphatic hydroxyl groups is 1. The summed E-state index contributed by atoms with van der Waals surface area (Å²) >= 11 is 1.56. The fraction of sp³-hybridized carbons (Fsp3) is 0.214. The van der Waals surface area contributed by atoms with Gasteiger partial charge in [-0.2, -0.15) is 4.98 Å². The smallest absolute Gasteiger partial charge is 0.260 e. The van der Waals surface area contributed by atoms with E-state index in [9.17, 15) is 5.11 Å². The Hall–Kier alpha value is -2.05. The van der Waals surface area contributed by atoms with Gasteiger partial charge in [0.2, 0.25) is 0 Å². The maximum atomic E-state index is 10.2. The molecule has 0 aliphatic heterocycles. The maximum absolute atomic E-state index is 10.2. The van der Waals surface area contributed by atoms with Crippen LogP contribution < -0.4 is 0 Å². The molecular formula is C14H13N3O2S. The van der Waals surface area contributed by atoms with Gasteiger partial charge in [-0.3, -0.25) is 0 Å². The van der Waals surface area contributed by atoms with E-state index in [2.05, 4.69) is 15.1 Å². The van der Waals surface area contributed by atoms with Crippen molar-refractivity contribution in [2.24, 2.45) is 0 Å². The van der Waals surface area contributed by atoms with Crippen LogP contribution in [0.5, 0.6) is 0 Å². The monoisotopic (exact) mass is 287 g/mol. The Labute approximate surface area is 119 Å². The molecule has 1 aromatic carbocycles. The Morgan fingerprint density at radius 3 is 2.75 bits per heavy atom. The molecule has 2 aromatic heterocycles. The third kappa shape index (κ3) is 2.76. The van der Waals surface area contributed by atoms with Crippen LogP contribution in [0.25, 0.3) is 0 Å². The van der Waals surface area contributed by atoms with E-state index in [0.717, 1.165) is 16.3 Å². The van der Waals surface area contributed by atoms with Gasteiger partial charge in [0.15, 0.2) is 11.9 Å². The molecule has 0 fully saturated rings. The second kappa shape index (κ2) is 5.52. The summed E-state index contributed by atoms with van der Waals surface area (Å²) in [7, 11) is 0. The van der Waals surface area contributed by atoms with Gasteiger partial charge in [0.1, 0.15) is 5.01 Å². The number of hydrogen-bond acceptors (Lipinski definition) is 6. The lowest BCUT2D eigenvalue weighted by Crippen LogP contribution is -2.00. The van der Waals surface area contributed by atoms with Gasteiger partial charge in [-0.15, -0.1) is 11.3 Å². The summed E-state index contributed by atoms with van der Waals surface area (Å²) < 4.78 is 5.13. The van der Waals surface area contributed by atoms with Crippen molar-refractivity contribution in [1.82, 2.24) is 15.1 Å². The largest absolute Gasteiger partial charge is 0.378 e. The molecule has 0 amide bonds. The first-order valence-electron chi connectivity index (χ1n) is 6.19. The molecule has 5 nitrogen and oxygen atoms in total. The molecule has 0 saturated carbocycles. The van der Waals surface area contributed by atoms with E-state index in [0.29, 0.717) is 12.2 Å². The summed E-state index contributed by atoms with van der Waals surface area (Å²) in [5.74, 6) is 0.740. The Bertz CT molecular complexity index is 693. The van der Waals surface area contributed by atoms with Crippen LogP contribution in [0.1, 0.15) is 34.1 Å². The van der Waals surface area contributed by atoms with Crippen molar-refractivity contribution < 1.29 is 9.63 Å². The Morgan fingerprint density at radius 1 is 1.25 bits per heavy atom. The fourth-order valence-corrected chi connectivity index (χ4v) is 2.62. The summed E-state index contributed by atoms with van der Waals surface area (Å²) in [4.78, 5) is 8.58. The number of rotatable bonds is 4. The van der Waals surface area contributed by atoms with Crippen LogP contribution in [0.15, 0.2) is 40.2 Å². The van der Waals surface area contributed by atoms with Gasteiger partial charge in [0.25, 0.3) is 5.89 Å². The first-order chi connectivity index (χ1) is 9.72. The normalized spacial score (nSPS) is 12.5. The summed E-state index contributed by atoms with van der Waals surface area (Å²) in [5, 5.41) is 17.0. The highest BCUT2D eigenvalue weighted by Gasteiger charge is 2.18. The van der Waals surface area contributed by atoms with Crippen LogP contribution in [0.3, 0.4) is 0 Å². The lowest BCUT2D eigenvalue weighted by atomic mass is 10.1. The van der Waals surface area contributed by atoms with E-state index in [4.69, 9.17) is 4.52 Å². The molecule has 0 spiro atoms. The Kier molecular flexibility index (Phi) is 3.58. The zero-order valence-electron chi connectivity index (χ0n) is 10.9. The van der Waals surface area contributed by atoms with Crippen molar-refractivity contribution in [2.45, 2.75) is 19.4 Å². The van der Waals surface area contributed by atoms with Crippen molar-refractivity contribution in [2.75, 3.05) is 0 Å². The minimum Gasteiger partial charge on any atom is -0.378 e. The van der Waals surface area contributed by atoms with E-state index in [1.807, 2.05) is 42.6 Å². The van der Waals surface area contributed by atoms with Crippen molar-refractivity contribution in [3.8, 4) is 0 Å². The molecule has 0 aliphatic carbocycles. The number of aromatic nitrogens is 3. The molecule has 0 saturated heterocycles. The van der Waals surface area contributed by atoms with E-state index in [1.54, 1.807) is 11.3 Å². The quantitative estimate of drug-likeness (QED) is 0.798. The first-order valence-corrected chi connectivity index (χ1v) is 7.07. The van der Waals surface area contributed by atoms with Crippen LogP contribution >= 0.6 is 11.3 Å². The molecule has 1 unspecified atom stereocenters. The van der Waals surface area contributed by atoms with Gasteiger partial charge in [-0.1, -0.05) is 35.5 Å². The summed E-state index contributed by atoms with van der Waals surface area (Å²) in [6, 6.07) is 9.24. The van der Waals surface area contributed by atoms with Gasteiger partial charge < -0.3 is 9.63 Å². The minimum absolute atomic E-state index is 0.208. The van der Waals surface area contributed by atoms with Crippen LogP contribution in [-0.4, -0.2) is 20.2 Å². The lowest BCUT2D eigenvalue weighted by Gasteiger charge is -2.04. The van der Waals surface area contributed by atoms with Gasteiger partial charge in [-0.25, -0.2) is 4.98 Å². The van der Waals surface area contributed by atoms with E-state index in [1.165, 1.54) is 0 Å². The molecule has 20 heavy (non-hydrogen) atoms. The highest BCUT2D eigenvalue weighted by atomic mass is 32.1. The molecule has 3 rings (SSSR count). The number of aryl methyl sites for hydroxylation is 1. The molecule has 6 heteroatoms. The van der Waals surface area contributed by atoms with Gasteiger partial charge in [-0.05, 0) is 12.5 Å². The lowest BCUT2D eigenvalue weighted by molar-refractivity contribution is 0.170. The van der Waals surface area contributed by atoms with E-state index < -0.39 is 6.10 Å². The number of thiazole rings is 1. The van der Waals surface area contributed by atoms with E-state index >= 15 is 0 Å². The Morgan fingerprint density at radius 2 is 2.05 bits per heavy atom. The number of hydrogen-bond donors (Lipinski definition) is 1. The van der Waals surface area contributed by atoms with Crippen LogP contribution in [0.2, 0.25) is 0 Å². The average Bonchev–Trinajstić information content (AvgIpc) is 3.09. The van der Waals surface area contributed by atoms with Crippen molar-refractivity contribution >= 4 is 11.3 Å². The summed E-state index contributed by atoms with van der Waals surface area (Å²) in [6.45, 7) is 1.95. The van der Waals surface area contributed by atoms with Crippen molar-refractivity contribution in [1.29, 1.82) is 0 Å². The third-order valence-electron chi connectivity index (χ3n) is 2.81.